The zero-order chi connectivity index (χ0) is 18.9. The first-order valence-corrected chi connectivity index (χ1v) is 7.60. The molecule has 0 spiro atoms. The zero-order valence-electron chi connectivity index (χ0n) is 14.2. The van der Waals surface area contributed by atoms with Crippen LogP contribution in [0, 0.1) is 0 Å². The Kier molecular flexibility index (Phi) is 4.58. The van der Waals surface area contributed by atoms with Crippen molar-refractivity contribution in [3.8, 4) is 11.5 Å². The molecular formula is C16H16F3N5O2. The van der Waals surface area contributed by atoms with Gasteiger partial charge in [0.05, 0.1) is 26.6 Å². The normalized spacial score (nSPS) is 12.8. The molecule has 0 radical (unpaired) electrons. The van der Waals surface area contributed by atoms with Crippen molar-refractivity contribution in [3.63, 3.8) is 0 Å². The van der Waals surface area contributed by atoms with Gasteiger partial charge in [0.1, 0.15) is 17.0 Å². The van der Waals surface area contributed by atoms with E-state index in [1.807, 2.05) is 0 Å². The lowest BCUT2D eigenvalue weighted by molar-refractivity contribution is -0.144. The molecule has 0 saturated carbocycles. The molecule has 0 fully saturated rings. The molecule has 0 aliphatic rings. The van der Waals surface area contributed by atoms with E-state index in [-0.39, 0.29) is 17.0 Å². The Labute approximate surface area is 146 Å². The fourth-order valence-corrected chi connectivity index (χ4v) is 2.53. The summed E-state index contributed by atoms with van der Waals surface area (Å²) in [6.45, 7) is 1.77. The second-order valence-electron chi connectivity index (χ2n) is 5.47. The number of nitrogens with one attached hydrogen (secondary N) is 2. The smallest absolute Gasteiger partial charge is 0.451 e. The molecule has 7 nitrogen and oxygen atoms in total. The number of methoxy groups -OCH3 is 2. The number of anilines is 1. The lowest BCUT2D eigenvalue weighted by Gasteiger charge is -2.19. The SMILES string of the molecule is COc1ccc(OC)c(C(C)Nc2nc(C(F)(F)F)nc3nc[nH]c23)c1. The van der Waals surface area contributed by atoms with Crippen molar-refractivity contribution < 1.29 is 22.6 Å². The number of imidazole rings is 1. The van der Waals surface area contributed by atoms with Crippen molar-refractivity contribution in [2.75, 3.05) is 19.5 Å². The van der Waals surface area contributed by atoms with Crippen LogP contribution in [-0.2, 0) is 6.18 Å². The molecule has 0 saturated heterocycles. The van der Waals surface area contributed by atoms with E-state index in [2.05, 4.69) is 25.3 Å². The van der Waals surface area contributed by atoms with E-state index in [1.54, 1.807) is 25.1 Å². The minimum absolute atomic E-state index is 0.00259. The zero-order valence-corrected chi connectivity index (χ0v) is 14.2. The number of fused-ring (bicyclic) bond motifs is 1. The van der Waals surface area contributed by atoms with E-state index in [1.165, 1.54) is 20.5 Å². The highest BCUT2D eigenvalue weighted by Crippen LogP contribution is 2.33. The Hall–Kier alpha value is -3.04. The monoisotopic (exact) mass is 367 g/mol. The quantitative estimate of drug-likeness (QED) is 0.717. The summed E-state index contributed by atoms with van der Waals surface area (Å²) in [7, 11) is 3.04. The van der Waals surface area contributed by atoms with Crippen LogP contribution in [0.5, 0.6) is 11.5 Å². The predicted molar refractivity (Wildman–Crippen MR) is 88.3 cm³/mol. The maximum absolute atomic E-state index is 13.1. The average Bonchev–Trinajstić information content (AvgIpc) is 3.09. The van der Waals surface area contributed by atoms with Gasteiger partial charge >= 0.3 is 6.18 Å². The molecule has 1 aromatic carbocycles. The number of nitrogens with zero attached hydrogens (tertiary/aromatic N) is 3. The van der Waals surface area contributed by atoms with Crippen LogP contribution in [0.25, 0.3) is 11.2 Å². The Bertz CT molecular complexity index is 926. The summed E-state index contributed by atoms with van der Waals surface area (Å²) < 4.78 is 49.7. The summed E-state index contributed by atoms with van der Waals surface area (Å²) in [5.74, 6) is -0.0989. The lowest BCUT2D eigenvalue weighted by atomic mass is 10.1. The van der Waals surface area contributed by atoms with Crippen molar-refractivity contribution in [2.45, 2.75) is 19.1 Å². The minimum Gasteiger partial charge on any atom is -0.497 e. The van der Waals surface area contributed by atoms with E-state index in [0.29, 0.717) is 17.1 Å². The highest BCUT2D eigenvalue weighted by atomic mass is 19.4. The lowest BCUT2D eigenvalue weighted by Crippen LogP contribution is -2.15. The Balaban J connectivity index is 2.02. The third-order valence-corrected chi connectivity index (χ3v) is 3.80. The Morgan fingerprint density at radius 2 is 1.92 bits per heavy atom. The molecule has 2 aromatic heterocycles. The van der Waals surface area contributed by atoms with Crippen molar-refractivity contribution >= 4 is 17.0 Å². The second-order valence-corrected chi connectivity index (χ2v) is 5.47. The van der Waals surface area contributed by atoms with E-state index in [9.17, 15) is 13.2 Å². The fraction of sp³-hybridized carbons (Fsp3) is 0.312. The van der Waals surface area contributed by atoms with Crippen LogP contribution in [0.3, 0.4) is 0 Å². The molecule has 3 aromatic rings. The molecule has 1 atom stereocenters. The first-order valence-electron chi connectivity index (χ1n) is 7.60. The summed E-state index contributed by atoms with van der Waals surface area (Å²) >= 11 is 0. The van der Waals surface area contributed by atoms with Gasteiger partial charge in [-0.15, -0.1) is 0 Å². The van der Waals surface area contributed by atoms with Gasteiger partial charge in [-0.3, -0.25) is 0 Å². The maximum Gasteiger partial charge on any atom is 0.451 e. The molecule has 0 aliphatic carbocycles. The summed E-state index contributed by atoms with van der Waals surface area (Å²) in [6.07, 6.45) is -3.41. The number of alkyl halides is 3. The number of aromatic nitrogens is 4. The third-order valence-electron chi connectivity index (χ3n) is 3.80. The van der Waals surface area contributed by atoms with Crippen molar-refractivity contribution in [3.05, 3.63) is 35.9 Å². The van der Waals surface area contributed by atoms with E-state index in [4.69, 9.17) is 9.47 Å². The standard InChI is InChI=1S/C16H16F3N5O2/c1-8(10-6-9(25-2)4-5-11(10)26-3)22-14-12-13(21-7-20-12)23-15(24-14)16(17,18)19/h4-8H,1-3H3,(H2,20,21,22,23,24). The minimum atomic E-state index is -4.68. The number of hydrogen-bond acceptors (Lipinski definition) is 6. The van der Waals surface area contributed by atoms with Gasteiger partial charge in [0.2, 0.25) is 5.82 Å². The summed E-state index contributed by atoms with van der Waals surface area (Å²) in [4.78, 5) is 13.6. The second kappa shape index (κ2) is 6.70. The highest BCUT2D eigenvalue weighted by Gasteiger charge is 2.36. The van der Waals surface area contributed by atoms with Crippen LogP contribution >= 0.6 is 0 Å². The number of benzene rings is 1. The van der Waals surface area contributed by atoms with Gasteiger partial charge in [-0.1, -0.05) is 0 Å². The molecule has 1 unspecified atom stereocenters. The van der Waals surface area contributed by atoms with E-state index < -0.39 is 18.0 Å². The molecule has 138 valence electrons. The van der Waals surface area contributed by atoms with Gasteiger partial charge < -0.3 is 19.8 Å². The molecule has 0 bridgehead atoms. The number of hydrogen-bond donors (Lipinski definition) is 2. The number of rotatable bonds is 5. The number of H-pyrrole nitrogens is 1. The van der Waals surface area contributed by atoms with Gasteiger partial charge in [-0.2, -0.15) is 13.2 Å². The first kappa shape index (κ1) is 17.8. The molecule has 2 N–H and O–H groups in total. The largest absolute Gasteiger partial charge is 0.497 e. The molecular weight excluding hydrogens is 351 g/mol. The van der Waals surface area contributed by atoms with Gasteiger partial charge in [-0.05, 0) is 25.1 Å². The molecule has 0 amide bonds. The van der Waals surface area contributed by atoms with Crippen LogP contribution in [-0.4, -0.2) is 34.2 Å². The molecule has 0 aliphatic heterocycles. The topological polar surface area (TPSA) is 84.9 Å². The fourth-order valence-electron chi connectivity index (χ4n) is 2.53. The summed E-state index contributed by atoms with van der Waals surface area (Å²) in [5.41, 5.74) is 0.915. The predicted octanol–water partition coefficient (Wildman–Crippen LogP) is 3.56. The van der Waals surface area contributed by atoms with Crippen LogP contribution in [0.4, 0.5) is 19.0 Å². The average molecular weight is 367 g/mol. The van der Waals surface area contributed by atoms with Crippen molar-refractivity contribution in [1.82, 2.24) is 19.9 Å². The van der Waals surface area contributed by atoms with E-state index in [0.717, 1.165) is 0 Å². The van der Waals surface area contributed by atoms with Crippen LogP contribution in [0.1, 0.15) is 24.4 Å². The Morgan fingerprint density at radius 3 is 2.58 bits per heavy atom. The van der Waals surface area contributed by atoms with Crippen LogP contribution < -0.4 is 14.8 Å². The van der Waals surface area contributed by atoms with Crippen molar-refractivity contribution in [1.29, 1.82) is 0 Å². The molecule has 26 heavy (non-hydrogen) atoms. The Morgan fingerprint density at radius 1 is 1.15 bits per heavy atom. The van der Waals surface area contributed by atoms with Gasteiger partial charge in [-0.25, -0.2) is 15.0 Å². The van der Waals surface area contributed by atoms with Crippen LogP contribution in [0.2, 0.25) is 0 Å². The molecule has 10 heteroatoms. The number of halogens is 3. The van der Waals surface area contributed by atoms with E-state index >= 15 is 0 Å². The van der Waals surface area contributed by atoms with Crippen molar-refractivity contribution in [2.24, 2.45) is 0 Å². The number of aromatic amines is 1. The first-order chi connectivity index (χ1) is 12.3. The highest BCUT2D eigenvalue weighted by molar-refractivity contribution is 5.82. The molecule has 3 rings (SSSR count). The third kappa shape index (κ3) is 3.35. The van der Waals surface area contributed by atoms with Gasteiger partial charge in [0, 0.05) is 5.56 Å². The summed E-state index contributed by atoms with van der Waals surface area (Å²) in [6, 6.07) is 4.77. The number of ether oxygens (including phenoxy) is 2. The van der Waals surface area contributed by atoms with Gasteiger partial charge in [0.15, 0.2) is 11.5 Å². The van der Waals surface area contributed by atoms with Gasteiger partial charge in [0.25, 0.3) is 0 Å². The maximum atomic E-state index is 13.1. The van der Waals surface area contributed by atoms with Crippen LogP contribution in [0.15, 0.2) is 24.5 Å². The molecule has 2 heterocycles. The summed E-state index contributed by atoms with van der Waals surface area (Å²) in [5, 5.41) is 2.97.